The van der Waals surface area contributed by atoms with Crippen molar-refractivity contribution in [2.24, 2.45) is 16.5 Å². The van der Waals surface area contributed by atoms with Crippen LogP contribution < -0.4 is 27.4 Å². The number of amides is 4. The van der Waals surface area contributed by atoms with Gasteiger partial charge in [0.05, 0.1) is 0 Å². The molecule has 13 nitrogen and oxygen atoms in total. The fraction of sp³-hybridized carbons (Fsp3) is 0.528. The summed E-state index contributed by atoms with van der Waals surface area (Å²) >= 11 is 0. The molecule has 2 aromatic carbocycles. The average Bonchev–Trinajstić information content (AvgIpc) is 3.10. The normalized spacial score (nSPS) is 10.4. The van der Waals surface area contributed by atoms with Gasteiger partial charge in [0.25, 0.3) is 0 Å². The Morgan fingerprint density at radius 1 is 0.592 bits per heavy atom. The van der Waals surface area contributed by atoms with Gasteiger partial charge in [-0.1, -0.05) is 86.3 Å². The number of benzene rings is 2. The van der Waals surface area contributed by atoms with E-state index in [1.807, 2.05) is 60.7 Å². The molecule has 4 amide bonds. The van der Waals surface area contributed by atoms with Crippen molar-refractivity contribution in [1.29, 1.82) is 0 Å². The minimum atomic E-state index is -0.517. The number of nitrogens with zero attached hydrogens (tertiary/aromatic N) is 2. The van der Waals surface area contributed by atoms with Gasteiger partial charge < -0.3 is 41.8 Å². The van der Waals surface area contributed by atoms with Crippen LogP contribution in [0.1, 0.15) is 81.8 Å². The predicted octanol–water partition coefficient (Wildman–Crippen LogP) is 4.35. The maximum atomic E-state index is 12.9. The molecule has 49 heavy (non-hydrogen) atoms. The summed E-state index contributed by atoms with van der Waals surface area (Å²) in [7, 11) is 0. The largest absolute Gasteiger partial charge is 0.445 e. The summed E-state index contributed by atoms with van der Waals surface area (Å²) < 4.78 is 10.8. The molecule has 0 aliphatic carbocycles. The van der Waals surface area contributed by atoms with Gasteiger partial charge in [-0.15, -0.1) is 0 Å². The molecule has 0 atom stereocenters. The second-order valence-electron chi connectivity index (χ2n) is 11.7. The summed E-state index contributed by atoms with van der Waals surface area (Å²) in [6, 6.07) is 18.9. The molecule has 2 rings (SSSR count). The number of nitrogens with one attached hydrogen (secondary N) is 3. The van der Waals surface area contributed by atoms with Crippen molar-refractivity contribution >= 4 is 30.0 Å². The first-order valence-corrected chi connectivity index (χ1v) is 17.3. The number of unbranched alkanes of at least 4 members (excludes halogenated alkanes) is 6. The maximum Gasteiger partial charge on any atom is 0.410 e. The number of carbonyl (C=O) groups is 4. The third kappa shape index (κ3) is 21.6. The summed E-state index contributed by atoms with van der Waals surface area (Å²) in [5.74, 6) is -0.0510. The van der Waals surface area contributed by atoms with Crippen molar-refractivity contribution in [3.63, 3.8) is 0 Å². The highest BCUT2D eigenvalue weighted by atomic mass is 16.6. The minimum Gasteiger partial charge on any atom is -0.445 e. The highest BCUT2D eigenvalue weighted by Crippen LogP contribution is 2.08. The van der Waals surface area contributed by atoms with Gasteiger partial charge in [0, 0.05) is 52.1 Å². The molecule has 0 heterocycles. The molecule has 7 N–H and O–H groups in total. The Kier molecular flexibility index (Phi) is 21.6. The number of aliphatic imine (C=N–C) groups is 1. The van der Waals surface area contributed by atoms with Gasteiger partial charge in [-0.25, -0.2) is 9.59 Å². The molecule has 2 aromatic rings. The smallest absolute Gasteiger partial charge is 0.410 e. The van der Waals surface area contributed by atoms with Crippen LogP contribution in [0.15, 0.2) is 65.7 Å². The average molecular weight is 682 g/mol. The van der Waals surface area contributed by atoms with Crippen LogP contribution in [0.3, 0.4) is 0 Å². The number of ether oxygens (including phenoxy) is 2. The zero-order chi connectivity index (χ0) is 35.4. The molecule has 0 fully saturated rings. The molecular formula is C36H55N7O6. The first-order chi connectivity index (χ1) is 23.8. The van der Waals surface area contributed by atoms with E-state index >= 15 is 0 Å². The van der Waals surface area contributed by atoms with Crippen LogP contribution in [0.2, 0.25) is 0 Å². The van der Waals surface area contributed by atoms with Gasteiger partial charge in [0.15, 0.2) is 5.96 Å². The predicted molar refractivity (Wildman–Crippen MR) is 190 cm³/mol. The Morgan fingerprint density at radius 3 is 1.82 bits per heavy atom. The molecule has 0 radical (unpaired) electrons. The summed E-state index contributed by atoms with van der Waals surface area (Å²) in [6.07, 6.45) is 7.52. The molecule has 0 saturated heterocycles. The Bertz CT molecular complexity index is 1240. The monoisotopic (exact) mass is 681 g/mol. The Morgan fingerprint density at radius 2 is 1.14 bits per heavy atom. The number of guanidine groups is 1. The van der Waals surface area contributed by atoms with Crippen LogP contribution in [0.5, 0.6) is 0 Å². The first-order valence-electron chi connectivity index (χ1n) is 17.3. The lowest BCUT2D eigenvalue weighted by molar-refractivity contribution is -0.122. The van der Waals surface area contributed by atoms with E-state index in [9.17, 15) is 19.2 Å². The van der Waals surface area contributed by atoms with Gasteiger partial charge in [0.2, 0.25) is 11.8 Å². The lowest BCUT2D eigenvalue weighted by atomic mass is 10.1. The summed E-state index contributed by atoms with van der Waals surface area (Å²) in [4.78, 5) is 54.8. The Hall–Kier alpha value is -4.81. The second-order valence-corrected chi connectivity index (χ2v) is 11.7. The van der Waals surface area contributed by atoms with Crippen LogP contribution in [0.4, 0.5) is 9.59 Å². The van der Waals surface area contributed by atoms with Crippen molar-refractivity contribution in [2.45, 2.75) is 83.8 Å². The van der Waals surface area contributed by atoms with Crippen molar-refractivity contribution in [1.82, 2.24) is 20.9 Å². The van der Waals surface area contributed by atoms with E-state index in [1.54, 1.807) is 4.90 Å². The minimum absolute atomic E-state index is 0.0425. The molecular weight excluding hydrogens is 626 g/mol. The third-order valence-electron chi connectivity index (χ3n) is 7.51. The molecule has 0 aromatic heterocycles. The van der Waals surface area contributed by atoms with E-state index in [-0.39, 0.29) is 37.4 Å². The highest BCUT2D eigenvalue weighted by molar-refractivity contribution is 5.79. The van der Waals surface area contributed by atoms with E-state index in [0.29, 0.717) is 65.0 Å². The first kappa shape index (κ1) is 40.4. The molecule has 0 aliphatic rings. The van der Waals surface area contributed by atoms with E-state index in [2.05, 4.69) is 20.9 Å². The van der Waals surface area contributed by atoms with E-state index in [4.69, 9.17) is 20.9 Å². The van der Waals surface area contributed by atoms with E-state index in [0.717, 1.165) is 49.7 Å². The summed E-state index contributed by atoms with van der Waals surface area (Å²) in [6.45, 7) is 2.92. The lowest BCUT2D eigenvalue weighted by Crippen LogP contribution is -2.36. The van der Waals surface area contributed by atoms with Crippen molar-refractivity contribution in [3.8, 4) is 0 Å². The molecule has 0 bridgehead atoms. The van der Waals surface area contributed by atoms with E-state index < -0.39 is 12.2 Å². The molecule has 13 heteroatoms. The fourth-order valence-corrected chi connectivity index (χ4v) is 4.80. The number of nitrogens with two attached hydrogens (primary N) is 2. The SMILES string of the molecule is NC(N)=NCCCCCCCCC(=O)NCCC(=O)NCCCCN(CCCNC(=O)OCc1ccccc1)C(=O)OCc1ccccc1. The van der Waals surface area contributed by atoms with Crippen LogP contribution >= 0.6 is 0 Å². The van der Waals surface area contributed by atoms with Gasteiger partial charge in [-0.3, -0.25) is 14.6 Å². The molecule has 0 spiro atoms. The van der Waals surface area contributed by atoms with Crippen molar-refractivity contribution in [3.05, 3.63) is 71.8 Å². The quantitative estimate of drug-likeness (QED) is 0.0581. The Balaban J connectivity index is 1.58. The number of alkyl carbamates (subject to hydrolysis) is 1. The highest BCUT2D eigenvalue weighted by Gasteiger charge is 2.15. The van der Waals surface area contributed by atoms with Crippen LogP contribution in [0.25, 0.3) is 0 Å². The van der Waals surface area contributed by atoms with Crippen molar-refractivity contribution < 1.29 is 28.7 Å². The topological polar surface area (TPSA) is 190 Å². The number of hydrogen-bond acceptors (Lipinski definition) is 7. The van der Waals surface area contributed by atoms with Gasteiger partial charge in [-0.05, 0) is 43.2 Å². The number of carbonyl (C=O) groups excluding carboxylic acids is 4. The fourth-order valence-electron chi connectivity index (χ4n) is 4.80. The van der Waals surface area contributed by atoms with Gasteiger partial charge in [0.1, 0.15) is 13.2 Å². The zero-order valence-corrected chi connectivity index (χ0v) is 28.7. The standard InChI is InChI=1S/C36H55N7O6/c37-34(38)41-23-12-4-2-1-3-11-20-32(44)40-25-21-33(45)39-22-13-14-26-43(36(47)49-29-31-18-9-6-10-19-31)27-15-24-42-35(46)48-28-30-16-7-5-8-17-30/h5-10,16-19H,1-4,11-15,20-29H2,(H,39,45)(H,40,44)(H,42,46)(H4,37,38,41). The van der Waals surface area contributed by atoms with E-state index in [1.165, 1.54) is 0 Å². The summed E-state index contributed by atoms with van der Waals surface area (Å²) in [5, 5.41) is 8.40. The zero-order valence-electron chi connectivity index (χ0n) is 28.7. The molecule has 0 saturated carbocycles. The van der Waals surface area contributed by atoms with Crippen LogP contribution in [-0.2, 0) is 32.3 Å². The third-order valence-corrected chi connectivity index (χ3v) is 7.51. The molecule has 0 aliphatic heterocycles. The molecule has 270 valence electrons. The van der Waals surface area contributed by atoms with Crippen LogP contribution in [0, 0.1) is 0 Å². The van der Waals surface area contributed by atoms with Gasteiger partial charge >= 0.3 is 12.2 Å². The molecule has 0 unspecified atom stereocenters. The van der Waals surface area contributed by atoms with Gasteiger partial charge in [-0.2, -0.15) is 0 Å². The second kappa shape index (κ2) is 26.2. The summed E-state index contributed by atoms with van der Waals surface area (Å²) in [5.41, 5.74) is 12.4. The van der Waals surface area contributed by atoms with Crippen LogP contribution in [-0.4, -0.2) is 74.1 Å². The Labute approximate surface area is 290 Å². The number of hydrogen-bond donors (Lipinski definition) is 5. The maximum absolute atomic E-state index is 12.9. The lowest BCUT2D eigenvalue weighted by Gasteiger charge is -2.22. The van der Waals surface area contributed by atoms with Crippen molar-refractivity contribution in [2.75, 3.05) is 39.3 Å². The number of rotatable bonds is 25.